The van der Waals surface area contributed by atoms with Crippen molar-refractivity contribution in [3.8, 4) is 10.7 Å². The van der Waals surface area contributed by atoms with Crippen molar-refractivity contribution < 1.29 is 0 Å². The summed E-state index contributed by atoms with van der Waals surface area (Å²) >= 11 is 1.59. The Labute approximate surface area is 154 Å². The van der Waals surface area contributed by atoms with Crippen LogP contribution in [0.1, 0.15) is 17.0 Å². The fraction of sp³-hybridized carbons (Fsp3) is 0.200. The van der Waals surface area contributed by atoms with E-state index in [-0.39, 0.29) is 5.56 Å². The van der Waals surface area contributed by atoms with E-state index >= 15 is 0 Å². The molecule has 4 aromatic rings. The number of thiophene rings is 1. The van der Waals surface area contributed by atoms with Gasteiger partial charge in [0.1, 0.15) is 0 Å². The van der Waals surface area contributed by atoms with Gasteiger partial charge in [0.2, 0.25) is 0 Å². The average molecular weight is 362 g/mol. The van der Waals surface area contributed by atoms with E-state index in [1.165, 1.54) is 11.1 Å². The number of nitrogens with zero attached hydrogens (tertiary/aromatic N) is 2. The monoisotopic (exact) mass is 362 g/mol. The summed E-state index contributed by atoms with van der Waals surface area (Å²) < 4.78 is 0. The summed E-state index contributed by atoms with van der Waals surface area (Å²) in [6, 6.07) is 14.4. The number of H-pyrrole nitrogens is 2. The van der Waals surface area contributed by atoms with Crippen molar-refractivity contribution in [2.75, 3.05) is 6.54 Å². The second-order valence-corrected chi connectivity index (χ2v) is 7.61. The number of hydrogen-bond acceptors (Lipinski definition) is 4. The van der Waals surface area contributed by atoms with E-state index in [1.807, 2.05) is 29.6 Å². The van der Waals surface area contributed by atoms with Crippen LogP contribution in [0, 0.1) is 0 Å². The number of fused-ring (bicyclic) bond motifs is 2. The average Bonchev–Trinajstić information content (AvgIpc) is 3.31. The number of benzene rings is 1. The number of rotatable bonds is 3. The first-order chi connectivity index (χ1) is 12.8. The van der Waals surface area contributed by atoms with Crippen LogP contribution in [-0.2, 0) is 19.5 Å². The van der Waals surface area contributed by atoms with Gasteiger partial charge in [0.15, 0.2) is 5.82 Å². The molecule has 130 valence electrons. The third kappa shape index (κ3) is 2.77. The Kier molecular flexibility index (Phi) is 3.72. The van der Waals surface area contributed by atoms with Gasteiger partial charge in [0.25, 0.3) is 5.56 Å². The summed E-state index contributed by atoms with van der Waals surface area (Å²) in [5, 5.41) is 3.22. The van der Waals surface area contributed by atoms with Gasteiger partial charge >= 0.3 is 0 Å². The van der Waals surface area contributed by atoms with Crippen molar-refractivity contribution in [1.29, 1.82) is 0 Å². The smallest absolute Gasteiger partial charge is 0.255 e. The molecule has 26 heavy (non-hydrogen) atoms. The molecule has 5 nitrogen and oxygen atoms in total. The van der Waals surface area contributed by atoms with Crippen LogP contribution in [0.3, 0.4) is 0 Å². The Bertz CT molecular complexity index is 1090. The maximum atomic E-state index is 12.6. The molecule has 0 saturated heterocycles. The van der Waals surface area contributed by atoms with Crippen molar-refractivity contribution in [3.63, 3.8) is 0 Å². The first-order valence-corrected chi connectivity index (χ1v) is 9.59. The Hall–Kier alpha value is -2.70. The molecule has 0 fully saturated rings. The van der Waals surface area contributed by atoms with Crippen molar-refractivity contribution in [1.82, 2.24) is 19.9 Å². The molecule has 0 atom stereocenters. The van der Waals surface area contributed by atoms with E-state index in [1.54, 1.807) is 11.3 Å². The third-order valence-corrected chi connectivity index (χ3v) is 5.76. The van der Waals surface area contributed by atoms with Gasteiger partial charge < -0.3 is 9.97 Å². The summed E-state index contributed by atoms with van der Waals surface area (Å²) in [4.78, 5) is 27.0. The minimum atomic E-state index is -0.0141. The predicted molar refractivity (Wildman–Crippen MR) is 104 cm³/mol. The minimum absolute atomic E-state index is 0.0141. The number of hydrogen-bond donors (Lipinski definition) is 2. The largest absolute Gasteiger partial charge is 0.357 e. The fourth-order valence-electron chi connectivity index (χ4n) is 3.61. The fourth-order valence-corrected chi connectivity index (χ4v) is 4.27. The minimum Gasteiger partial charge on any atom is -0.357 e. The standard InChI is InChI=1S/C20H18N4OS/c25-20-15-12-24(11-14-10-13-4-1-2-5-16(13)21-14)8-7-17(15)22-19(23-20)18-6-3-9-26-18/h1-6,9-10,21H,7-8,11-12H2,(H,22,23,25). The number of nitrogens with one attached hydrogen (secondary N) is 2. The van der Waals surface area contributed by atoms with E-state index in [9.17, 15) is 4.79 Å². The lowest BCUT2D eigenvalue weighted by Gasteiger charge is -2.27. The molecular formula is C20H18N4OS. The van der Waals surface area contributed by atoms with Gasteiger partial charge in [-0.1, -0.05) is 24.3 Å². The van der Waals surface area contributed by atoms with Gasteiger partial charge in [-0.3, -0.25) is 9.69 Å². The highest BCUT2D eigenvalue weighted by Crippen LogP contribution is 2.23. The summed E-state index contributed by atoms with van der Waals surface area (Å²) in [7, 11) is 0. The lowest BCUT2D eigenvalue weighted by Crippen LogP contribution is -2.35. The highest BCUT2D eigenvalue weighted by atomic mass is 32.1. The zero-order valence-corrected chi connectivity index (χ0v) is 15.0. The molecule has 0 aliphatic carbocycles. The van der Waals surface area contributed by atoms with E-state index < -0.39 is 0 Å². The maximum absolute atomic E-state index is 12.6. The van der Waals surface area contributed by atoms with Gasteiger partial charge in [-0.15, -0.1) is 11.3 Å². The van der Waals surface area contributed by atoms with E-state index in [4.69, 9.17) is 4.98 Å². The van der Waals surface area contributed by atoms with Gasteiger partial charge in [-0.2, -0.15) is 0 Å². The Morgan fingerprint density at radius 2 is 2.08 bits per heavy atom. The topological polar surface area (TPSA) is 64.8 Å². The second kappa shape index (κ2) is 6.23. The van der Waals surface area contributed by atoms with Crippen molar-refractivity contribution >= 4 is 22.2 Å². The third-order valence-electron chi connectivity index (χ3n) is 4.88. The molecule has 2 N–H and O–H groups in total. The van der Waals surface area contributed by atoms with Crippen LogP contribution in [0.15, 0.2) is 52.6 Å². The number of para-hydroxylation sites is 1. The first-order valence-electron chi connectivity index (χ1n) is 8.71. The quantitative estimate of drug-likeness (QED) is 0.586. The first kappa shape index (κ1) is 15.5. The van der Waals surface area contributed by atoms with Crippen molar-refractivity contribution in [2.24, 2.45) is 0 Å². The molecular weight excluding hydrogens is 344 g/mol. The molecule has 1 aliphatic heterocycles. The highest BCUT2D eigenvalue weighted by Gasteiger charge is 2.22. The number of aromatic nitrogens is 3. The van der Waals surface area contributed by atoms with Crippen molar-refractivity contribution in [2.45, 2.75) is 19.5 Å². The Morgan fingerprint density at radius 1 is 1.15 bits per heavy atom. The van der Waals surface area contributed by atoms with Gasteiger partial charge in [-0.25, -0.2) is 4.98 Å². The summed E-state index contributed by atoms with van der Waals surface area (Å²) in [5.74, 6) is 0.688. The van der Waals surface area contributed by atoms with E-state index in [2.05, 4.69) is 33.1 Å². The van der Waals surface area contributed by atoms with Crippen LogP contribution in [0.2, 0.25) is 0 Å². The van der Waals surface area contributed by atoms with Gasteiger partial charge in [0.05, 0.1) is 16.1 Å². The molecule has 4 heterocycles. The van der Waals surface area contributed by atoms with Crippen LogP contribution >= 0.6 is 11.3 Å². The van der Waals surface area contributed by atoms with E-state index in [0.29, 0.717) is 12.4 Å². The molecule has 0 unspecified atom stereocenters. The van der Waals surface area contributed by atoms with E-state index in [0.717, 1.165) is 41.2 Å². The Morgan fingerprint density at radius 3 is 2.92 bits per heavy atom. The van der Waals surface area contributed by atoms with Crippen LogP contribution in [-0.4, -0.2) is 26.4 Å². The molecule has 1 aromatic carbocycles. The summed E-state index contributed by atoms with van der Waals surface area (Å²) in [5.41, 5.74) is 4.05. The van der Waals surface area contributed by atoms with Crippen molar-refractivity contribution in [3.05, 3.63) is 75.1 Å². The molecule has 6 heteroatoms. The molecule has 0 bridgehead atoms. The van der Waals surface area contributed by atoms with Gasteiger partial charge in [0, 0.05) is 37.3 Å². The molecule has 0 saturated carbocycles. The van der Waals surface area contributed by atoms with Gasteiger partial charge in [-0.05, 0) is 29.0 Å². The second-order valence-electron chi connectivity index (χ2n) is 6.66. The van der Waals surface area contributed by atoms with Crippen LogP contribution < -0.4 is 5.56 Å². The van der Waals surface area contributed by atoms with Crippen LogP contribution in [0.5, 0.6) is 0 Å². The Balaban J connectivity index is 1.40. The summed E-state index contributed by atoms with van der Waals surface area (Å²) in [6.07, 6.45) is 0.803. The maximum Gasteiger partial charge on any atom is 0.255 e. The van der Waals surface area contributed by atoms with Crippen LogP contribution in [0.25, 0.3) is 21.6 Å². The lowest BCUT2D eigenvalue weighted by molar-refractivity contribution is 0.239. The summed E-state index contributed by atoms with van der Waals surface area (Å²) in [6.45, 7) is 2.35. The molecule has 5 rings (SSSR count). The molecule has 0 amide bonds. The normalized spacial score (nSPS) is 14.6. The molecule has 0 radical (unpaired) electrons. The lowest BCUT2D eigenvalue weighted by atomic mass is 10.1. The SMILES string of the molecule is O=c1[nH]c(-c2cccs2)nc2c1CN(Cc1cc3ccccc3[nH]1)CC2. The molecule has 1 aliphatic rings. The highest BCUT2D eigenvalue weighted by molar-refractivity contribution is 7.13. The molecule has 0 spiro atoms. The molecule has 3 aromatic heterocycles. The number of aromatic amines is 2. The zero-order valence-electron chi connectivity index (χ0n) is 14.2. The predicted octanol–water partition coefficient (Wildman–Crippen LogP) is 3.54. The zero-order chi connectivity index (χ0) is 17.5. The van der Waals surface area contributed by atoms with Crippen LogP contribution in [0.4, 0.5) is 0 Å².